The molecule has 0 fully saturated rings. The van der Waals surface area contributed by atoms with Crippen molar-refractivity contribution in [2.75, 3.05) is 10.6 Å². The van der Waals surface area contributed by atoms with Gasteiger partial charge in [-0.05, 0) is 49.0 Å². The van der Waals surface area contributed by atoms with Gasteiger partial charge in [0.2, 0.25) is 5.95 Å². The van der Waals surface area contributed by atoms with Crippen LogP contribution in [0.4, 0.5) is 16.0 Å². The summed E-state index contributed by atoms with van der Waals surface area (Å²) in [6.45, 7) is 1.90. The Morgan fingerprint density at radius 2 is 2.00 bits per heavy atom. The fourth-order valence-corrected chi connectivity index (χ4v) is 2.54. The summed E-state index contributed by atoms with van der Waals surface area (Å²) in [5.74, 6) is 0.00560. The highest BCUT2D eigenvalue weighted by atomic mass is 32.1. The monoisotopic (exact) mass is 369 g/mol. The maximum atomic E-state index is 13.2. The van der Waals surface area contributed by atoms with Crippen molar-refractivity contribution in [2.45, 2.75) is 13.5 Å². The number of hydrogen-bond donors (Lipinski definition) is 2. The fraction of sp³-hybridized carbons (Fsp3) is 0.111. The minimum atomic E-state index is -0.292. The number of ketones is 1. The van der Waals surface area contributed by atoms with Crippen LogP contribution in [0.3, 0.4) is 0 Å². The first-order valence-electron chi connectivity index (χ1n) is 7.82. The summed E-state index contributed by atoms with van der Waals surface area (Å²) in [5, 5.41) is 10.4. The second kappa shape index (κ2) is 7.83. The molecule has 0 spiro atoms. The first-order valence-corrected chi connectivity index (χ1v) is 8.23. The maximum absolute atomic E-state index is 13.2. The molecule has 0 aliphatic heterocycles. The zero-order chi connectivity index (χ0) is 18.5. The minimum absolute atomic E-state index is 0.0229. The number of benzene rings is 2. The molecule has 1 aromatic heterocycles. The zero-order valence-corrected chi connectivity index (χ0v) is 14.8. The van der Waals surface area contributed by atoms with Crippen molar-refractivity contribution in [1.82, 2.24) is 14.8 Å². The fourth-order valence-electron chi connectivity index (χ4n) is 2.33. The van der Waals surface area contributed by atoms with Crippen LogP contribution in [0.2, 0.25) is 0 Å². The molecule has 2 N–H and O–H groups in total. The van der Waals surface area contributed by atoms with E-state index in [4.69, 9.17) is 12.2 Å². The molecule has 0 saturated carbocycles. The number of hydrogen-bond acceptors (Lipinski definition) is 4. The number of nitrogens with one attached hydrogen (secondary N) is 2. The molecule has 0 bridgehead atoms. The van der Waals surface area contributed by atoms with Gasteiger partial charge in [0, 0.05) is 11.3 Å². The number of Topliss-reactive ketones (excluding diaryl/α,β-unsaturated/α-hetero) is 1. The van der Waals surface area contributed by atoms with Crippen molar-refractivity contribution in [3.63, 3.8) is 0 Å². The number of carbonyl (C=O) groups excluding carboxylic acids is 1. The van der Waals surface area contributed by atoms with Gasteiger partial charge in [-0.15, -0.1) is 5.10 Å². The second-order valence-electron chi connectivity index (χ2n) is 5.61. The number of halogens is 1. The number of thiocarbonyl (C=S) groups is 1. The van der Waals surface area contributed by atoms with Crippen LogP contribution in [0.15, 0.2) is 54.9 Å². The third kappa shape index (κ3) is 4.70. The van der Waals surface area contributed by atoms with Crippen molar-refractivity contribution in [3.8, 4) is 0 Å². The van der Waals surface area contributed by atoms with E-state index in [0.717, 1.165) is 5.56 Å². The summed E-state index contributed by atoms with van der Waals surface area (Å²) in [6, 6.07) is 13.3. The quantitative estimate of drug-likeness (QED) is 0.530. The second-order valence-corrected chi connectivity index (χ2v) is 6.02. The topological polar surface area (TPSA) is 71.8 Å². The molecule has 0 unspecified atom stereocenters. The number of rotatable bonds is 5. The predicted molar refractivity (Wildman–Crippen MR) is 102 cm³/mol. The largest absolute Gasteiger partial charge is 0.332 e. The van der Waals surface area contributed by atoms with Gasteiger partial charge in [0.15, 0.2) is 10.9 Å². The standard InChI is InChI=1S/C18H16FN5OS/c1-12(25)14-5-3-7-16(9-14)21-18(26)22-17-20-11-24(23-17)10-13-4-2-6-15(19)8-13/h2-9,11H,10H2,1H3,(H2,21,22,23,26). The van der Waals surface area contributed by atoms with Gasteiger partial charge in [-0.2, -0.15) is 0 Å². The molecule has 6 nitrogen and oxygen atoms in total. The van der Waals surface area contributed by atoms with Crippen LogP contribution in [0.1, 0.15) is 22.8 Å². The van der Waals surface area contributed by atoms with Crippen molar-refractivity contribution in [3.05, 3.63) is 71.8 Å². The summed E-state index contributed by atoms with van der Waals surface area (Å²) < 4.78 is 14.8. The molecule has 26 heavy (non-hydrogen) atoms. The molecule has 8 heteroatoms. The summed E-state index contributed by atoms with van der Waals surface area (Å²) >= 11 is 5.24. The lowest BCUT2D eigenvalue weighted by atomic mass is 10.1. The lowest BCUT2D eigenvalue weighted by molar-refractivity contribution is 0.101. The van der Waals surface area contributed by atoms with Gasteiger partial charge in [0.05, 0.1) is 6.54 Å². The van der Waals surface area contributed by atoms with Gasteiger partial charge in [-0.3, -0.25) is 10.1 Å². The summed E-state index contributed by atoms with van der Waals surface area (Å²) in [4.78, 5) is 15.6. The Bertz CT molecular complexity index is 956. The maximum Gasteiger partial charge on any atom is 0.248 e. The van der Waals surface area contributed by atoms with Crippen molar-refractivity contribution >= 4 is 34.7 Å². The number of carbonyl (C=O) groups is 1. The van der Waals surface area contributed by atoms with Gasteiger partial charge in [-0.1, -0.05) is 24.3 Å². The van der Waals surface area contributed by atoms with E-state index in [2.05, 4.69) is 20.7 Å². The van der Waals surface area contributed by atoms with Crippen molar-refractivity contribution in [1.29, 1.82) is 0 Å². The van der Waals surface area contributed by atoms with Gasteiger partial charge in [0.1, 0.15) is 12.1 Å². The van der Waals surface area contributed by atoms with E-state index in [1.807, 2.05) is 6.07 Å². The molecule has 3 aromatic rings. The molecular weight excluding hydrogens is 353 g/mol. The van der Waals surface area contributed by atoms with E-state index >= 15 is 0 Å². The first-order chi connectivity index (χ1) is 12.5. The van der Waals surface area contributed by atoms with Crippen LogP contribution in [0.25, 0.3) is 0 Å². The van der Waals surface area contributed by atoms with E-state index < -0.39 is 0 Å². The Kier molecular flexibility index (Phi) is 5.33. The first kappa shape index (κ1) is 17.7. The van der Waals surface area contributed by atoms with Crippen LogP contribution in [0.5, 0.6) is 0 Å². The highest BCUT2D eigenvalue weighted by Gasteiger charge is 2.06. The van der Waals surface area contributed by atoms with E-state index in [0.29, 0.717) is 28.9 Å². The van der Waals surface area contributed by atoms with Crippen LogP contribution in [-0.2, 0) is 6.54 Å². The van der Waals surface area contributed by atoms with Crippen molar-refractivity contribution in [2.24, 2.45) is 0 Å². The molecule has 0 aliphatic carbocycles. The average Bonchev–Trinajstić information content (AvgIpc) is 3.01. The molecular formula is C18H16FN5OS. The van der Waals surface area contributed by atoms with Gasteiger partial charge < -0.3 is 5.32 Å². The highest BCUT2D eigenvalue weighted by molar-refractivity contribution is 7.80. The molecule has 0 radical (unpaired) electrons. The Morgan fingerprint density at radius 3 is 2.77 bits per heavy atom. The predicted octanol–water partition coefficient (Wildman–Crippen LogP) is 3.48. The number of nitrogens with zero attached hydrogens (tertiary/aromatic N) is 3. The van der Waals surface area contributed by atoms with E-state index in [1.165, 1.54) is 25.4 Å². The third-order valence-corrected chi connectivity index (χ3v) is 3.73. The van der Waals surface area contributed by atoms with Crippen LogP contribution in [-0.4, -0.2) is 25.7 Å². The lowest BCUT2D eigenvalue weighted by Gasteiger charge is -2.08. The molecule has 0 aliphatic rings. The van der Waals surface area contributed by atoms with Crippen LogP contribution < -0.4 is 10.6 Å². The van der Waals surface area contributed by atoms with Crippen LogP contribution in [0, 0.1) is 5.82 Å². The van der Waals surface area contributed by atoms with E-state index in [1.54, 1.807) is 35.0 Å². The summed E-state index contributed by atoms with van der Waals surface area (Å²) in [6.07, 6.45) is 1.53. The minimum Gasteiger partial charge on any atom is -0.332 e. The summed E-state index contributed by atoms with van der Waals surface area (Å²) in [5.41, 5.74) is 2.06. The zero-order valence-electron chi connectivity index (χ0n) is 13.9. The number of anilines is 2. The third-order valence-electron chi connectivity index (χ3n) is 3.52. The molecule has 0 amide bonds. The SMILES string of the molecule is CC(=O)c1cccc(NC(=S)Nc2ncn(Cc3cccc(F)c3)n2)c1. The Labute approximate surface area is 155 Å². The molecule has 0 saturated heterocycles. The Balaban J connectivity index is 1.61. The van der Waals surface area contributed by atoms with Crippen molar-refractivity contribution < 1.29 is 9.18 Å². The number of aromatic nitrogens is 3. The molecule has 1 heterocycles. The molecule has 2 aromatic carbocycles. The Morgan fingerprint density at radius 1 is 1.19 bits per heavy atom. The lowest BCUT2D eigenvalue weighted by Crippen LogP contribution is -2.20. The van der Waals surface area contributed by atoms with E-state index in [-0.39, 0.29) is 11.6 Å². The molecule has 0 atom stereocenters. The highest BCUT2D eigenvalue weighted by Crippen LogP contribution is 2.12. The van der Waals surface area contributed by atoms with E-state index in [9.17, 15) is 9.18 Å². The van der Waals surface area contributed by atoms with Gasteiger partial charge in [0.25, 0.3) is 0 Å². The van der Waals surface area contributed by atoms with Crippen LogP contribution >= 0.6 is 12.2 Å². The smallest absolute Gasteiger partial charge is 0.248 e. The summed E-state index contributed by atoms with van der Waals surface area (Å²) in [7, 11) is 0. The molecule has 132 valence electrons. The average molecular weight is 369 g/mol. The van der Waals surface area contributed by atoms with Gasteiger partial charge >= 0.3 is 0 Å². The van der Waals surface area contributed by atoms with Gasteiger partial charge in [-0.25, -0.2) is 14.1 Å². The normalized spacial score (nSPS) is 10.4. The Hall–Kier alpha value is -3.13. The molecule has 3 rings (SSSR count).